The molecule has 1 heterocycles. The van der Waals surface area contributed by atoms with Gasteiger partial charge in [-0.05, 0) is 38.2 Å². The van der Waals surface area contributed by atoms with Gasteiger partial charge in [-0.15, -0.1) is 0 Å². The van der Waals surface area contributed by atoms with Gasteiger partial charge >= 0.3 is 6.09 Å². The van der Waals surface area contributed by atoms with Crippen molar-refractivity contribution >= 4 is 23.6 Å². The highest BCUT2D eigenvalue weighted by molar-refractivity contribution is 6.23. The summed E-state index contributed by atoms with van der Waals surface area (Å²) in [4.78, 5) is 50.1. The fraction of sp³-hybridized carbons (Fsp3) is 0.500. The highest BCUT2D eigenvalue weighted by atomic mass is 16.6. The van der Waals surface area contributed by atoms with Crippen molar-refractivity contribution in [1.29, 1.82) is 0 Å². The Morgan fingerprint density at radius 3 is 2.38 bits per heavy atom. The van der Waals surface area contributed by atoms with E-state index >= 15 is 0 Å². The first kappa shape index (κ1) is 31.7. The monoisotopic (exact) mass is 545 g/mol. The second-order valence-corrected chi connectivity index (χ2v) is 9.97. The van der Waals surface area contributed by atoms with Crippen LogP contribution in [0.25, 0.3) is 0 Å². The molecule has 0 fully saturated rings. The number of amides is 2. The molecule has 6 atom stereocenters. The number of nitrogens with one attached hydrogen (secondary N) is 1. The fourth-order valence-electron chi connectivity index (χ4n) is 4.61. The molecular formula is C28H39N3O8. The summed E-state index contributed by atoms with van der Waals surface area (Å²) >= 11 is 0. The Kier molecular flexibility index (Phi) is 11.4. The zero-order valence-electron chi connectivity index (χ0n) is 23.2. The van der Waals surface area contributed by atoms with Gasteiger partial charge in [0, 0.05) is 37.4 Å². The van der Waals surface area contributed by atoms with Crippen LogP contribution in [0.4, 0.5) is 4.79 Å². The van der Waals surface area contributed by atoms with Gasteiger partial charge in [-0.3, -0.25) is 14.4 Å². The van der Waals surface area contributed by atoms with E-state index in [0.29, 0.717) is 12.0 Å². The molecule has 0 aromatic rings. The van der Waals surface area contributed by atoms with Crippen LogP contribution in [0.5, 0.6) is 0 Å². The Morgan fingerprint density at radius 2 is 1.79 bits per heavy atom. The zero-order chi connectivity index (χ0) is 29.4. The average Bonchev–Trinajstić information content (AvgIpc) is 2.88. The van der Waals surface area contributed by atoms with E-state index in [0.717, 1.165) is 6.08 Å². The first-order valence-electron chi connectivity index (χ1n) is 12.6. The van der Waals surface area contributed by atoms with Crippen molar-refractivity contribution in [2.75, 3.05) is 14.2 Å². The number of rotatable bonds is 3. The molecule has 0 radical (unpaired) electrons. The lowest BCUT2D eigenvalue weighted by Crippen LogP contribution is -2.37. The van der Waals surface area contributed by atoms with E-state index in [1.165, 1.54) is 33.3 Å². The van der Waals surface area contributed by atoms with Crippen LogP contribution in [0.1, 0.15) is 40.5 Å². The van der Waals surface area contributed by atoms with E-state index in [1.807, 2.05) is 6.92 Å². The minimum atomic E-state index is -1.00. The molecule has 0 aromatic heterocycles. The molecule has 0 spiro atoms. The maximum absolute atomic E-state index is 13.2. The molecular weight excluding hydrogens is 506 g/mol. The predicted molar refractivity (Wildman–Crippen MR) is 144 cm³/mol. The van der Waals surface area contributed by atoms with Crippen molar-refractivity contribution in [1.82, 2.24) is 5.32 Å². The molecule has 214 valence electrons. The molecule has 0 saturated heterocycles. The SMILES string of the molecule is COC1/C=C/C=C(\C)C(=O)NC2=CC(=O)C(N)=C(CC(C)CC(OC)C(O)C(C)/C=C(\C)C1OC(N)=O)C2=O. The van der Waals surface area contributed by atoms with Crippen molar-refractivity contribution in [3.05, 3.63) is 58.5 Å². The number of methoxy groups -OCH3 is 2. The van der Waals surface area contributed by atoms with Gasteiger partial charge in [-0.1, -0.05) is 38.2 Å². The highest BCUT2D eigenvalue weighted by Gasteiger charge is 2.32. The fourth-order valence-corrected chi connectivity index (χ4v) is 4.61. The van der Waals surface area contributed by atoms with Gasteiger partial charge in [0.1, 0.15) is 6.10 Å². The van der Waals surface area contributed by atoms with E-state index in [2.05, 4.69) is 5.32 Å². The summed E-state index contributed by atoms with van der Waals surface area (Å²) < 4.78 is 16.4. The van der Waals surface area contributed by atoms with Gasteiger partial charge in [0.15, 0.2) is 6.10 Å². The standard InChI is InChI=1S/C28H39N3O8/c1-14-10-18-23(29)20(32)13-19(25(18)34)31-27(35)15(2)8-7-9-21(37-5)26(39-28(30)36)17(4)12-16(3)24(33)22(11-14)38-6/h7-9,12-14,16,21-22,24,26,33H,10-11,29H2,1-6H3,(H2,30,36)(H,31,35)/b9-7+,15-8+,17-12+. The lowest BCUT2D eigenvalue weighted by molar-refractivity contribution is -0.120. The maximum atomic E-state index is 13.2. The second-order valence-electron chi connectivity index (χ2n) is 9.97. The van der Waals surface area contributed by atoms with Crippen LogP contribution in [0.2, 0.25) is 0 Å². The molecule has 2 rings (SSSR count). The van der Waals surface area contributed by atoms with Gasteiger partial charge in [-0.25, -0.2) is 4.79 Å². The molecule has 1 aliphatic carbocycles. The lowest BCUT2D eigenvalue weighted by atomic mass is 9.85. The van der Waals surface area contributed by atoms with Gasteiger partial charge in [0.25, 0.3) is 5.91 Å². The Bertz CT molecular complexity index is 1130. The molecule has 39 heavy (non-hydrogen) atoms. The molecule has 0 saturated carbocycles. The third-order valence-corrected chi connectivity index (χ3v) is 6.84. The van der Waals surface area contributed by atoms with Crippen LogP contribution in [-0.4, -0.2) is 67.3 Å². The second kappa shape index (κ2) is 14.0. The number of Topliss-reactive ketones (excluding diaryl/α,β-unsaturated/α-hetero) is 1. The number of hydrogen-bond acceptors (Lipinski definition) is 9. The van der Waals surface area contributed by atoms with E-state index in [9.17, 15) is 24.3 Å². The van der Waals surface area contributed by atoms with E-state index in [-0.39, 0.29) is 34.9 Å². The highest BCUT2D eigenvalue weighted by Crippen LogP contribution is 2.28. The smallest absolute Gasteiger partial charge is 0.405 e. The van der Waals surface area contributed by atoms with Crippen LogP contribution in [0.15, 0.2) is 58.5 Å². The van der Waals surface area contributed by atoms with Gasteiger partial charge in [0.05, 0.1) is 23.6 Å². The number of ether oxygens (including phenoxy) is 3. The summed E-state index contributed by atoms with van der Waals surface area (Å²) in [5, 5.41) is 13.6. The topological polar surface area (TPSA) is 180 Å². The molecule has 2 aliphatic rings. The number of ketones is 2. The summed E-state index contributed by atoms with van der Waals surface area (Å²) in [6, 6.07) is 0. The number of carbonyl (C=O) groups is 4. The molecule has 0 aromatic carbocycles. The Morgan fingerprint density at radius 1 is 1.13 bits per heavy atom. The molecule has 6 unspecified atom stereocenters. The number of fused-ring (bicyclic) bond motifs is 2. The number of aliphatic hydroxyl groups excluding tert-OH is 1. The van der Waals surface area contributed by atoms with Crippen molar-refractivity contribution in [3.63, 3.8) is 0 Å². The summed E-state index contributed by atoms with van der Waals surface area (Å²) in [5.74, 6) is -2.37. The van der Waals surface area contributed by atoms with E-state index in [4.69, 9.17) is 25.7 Å². The van der Waals surface area contributed by atoms with Gasteiger partial charge in [-0.2, -0.15) is 0 Å². The van der Waals surface area contributed by atoms with E-state index in [1.54, 1.807) is 26.0 Å². The number of carbonyl (C=O) groups excluding carboxylic acids is 4. The molecule has 1 aliphatic heterocycles. The summed E-state index contributed by atoms with van der Waals surface area (Å²) in [7, 11) is 2.90. The minimum Gasteiger partial charge on any atom is -0.439 e. The number of nitrogens with two attached hydrogens (primary N) is 2. The minimum absolute atomic E-state index is 0.104. The van der Waals surface area contributed by atoms with Crippen LogP contribution >= 0.6 is 0 Å². The lowest BCUT2D eigenvalue weighted by Gasteiger charge is -2.29. The third-order valence-electron chi connectivity index (χ3n) is 6.84. The molecule has 11 nitrogen and oxygen atoms in total. The molecule has 11 heteroatoms. The molecule has 6 N–H and O–H groups in total. The maximum Gasteiger partial charge on any atom is 0.405 e. The van der Waals surface area contributed by atoms with Gasteiger partial charge in [0.2, 0.25) is 11.6 Å². The zero-order valence-corrected chi connectivity index (χ0v) is 23.2. The van der Waals surface area contributed by atoms with Crippen molar-refractivity contribution in [3.8, 4) is 0 Å². The van der Waals surface area contributed by atoms with Crippen molar-refractivity contribution in [2.24, 2.45) is 23.3 Å². The third kappa shape index (κ3) is 8.22. The first-order chi connectivity index (χ1) is 18.3. The van der Waals surface area contributed by atoms with Gasteiger partial charge < -0.3 is 36.1 Å². The van der Waals surface area contributed by atoms with Crippen LogP contribution in [-0.2, 0) is 28.6 Å². The normalized spacial score (nSPS) is 33.3. The largest absolute Gasteiger partial charge is 0.439 e. The quantitative estimate of drug-likeness (QED) is 0.303. The average molecular weight is 546 g/mol. The Balaban J connectivity index is 2.58. The van der Waals surface area contributed by atoms with E-state index < -0.39 is 53.9 Å². The van der Waals surface area contributed by atoms with Crippen LogP contribution < -0.4 is 16.8 Å². The Hall–Kier alpha value is -3.54. The van der Waals surface area contributed by atoms with Crippen molar-refractivity contribution < 1.29 is 38.5 Å². The molecule has 2 amide bonds. The van der Waals surface area contributed by atoms with Crippen LogP contribution in [0.3, 0.4) is 0 Å². The molecule has 2 bridgehead atoms. The predicted octanol–water partition coefficient (Wildman–Crippen LogP) is 1.72. The number of hydrogen-bond donors (Lipinski definition) is 4. The number of aliphatic hydroxyl groups is 1. The summed E-state index contributed by atoms with van der Waals surface area (Å²) in [6.45, 7) is 6.89. The first-order valence-corrected chi connectivity index (χ1v) is 12.6. The number of allylic oxidation sites excluding steroid dienone is 4. The summed E-state index contributed by atoms with van der Waals surface area (Å²) in [5.41, 5.74) is 11.9. The summed E-state index contributed by atoms with van der Waals surface area (Å²) in [6.07, 6.45) is 3.55. The number of primary amides is 1. The van der Waals surface area contributed by atoms with Crippen molar-refractivity contribution in [2.45, 2.75) is 65.0 Å². The Labute approximate surface area is 228 Å². The van der Waals surface area contributed by atoms with Crippen LogP contribution in [0, 0.1) is 11.8 Å².